The van der Waals surface area contributed by atoms with Crippen molar-refractivity contribution in [2.45, 2.75) is 37.4 Å². The van der Waals surface area contributed by atoms with Crippen molar-refractivity contribution in [3.8, 4) is 0 Å². The molecule has 3 atom stereocenters. The van der Waals surface area contributed by atoms with Gasteiger partial charge in [0.15, 0.2) is 0 Å². The number of hydrogen-bond donors (Lipinski definition) is 4. The zero-order valence-corrected chi connectivity index (χ0v) is 8.65. The lowest BCUT2D eigenvalue weighted by atomic mass is 9.88. The zero-order chi connectivity index (χ0) is 10.4. The molecular weight excluding hydrogens is 176 g/mol. The van der Waals surface area contributed by atoms with Crippen LogP contribution in [0.3, 0.4) is 0 Å². The van der Waals surface area contributed by atoms with Crippen molar-refractivity contribution < 1.29 is 0 Å². The molecule has 0 saturated heterocycles. The fourth-order valence-electron chi connectivity index (χ4n) is 1.86. The molecule has 0 amide bonds. The average Bonchev–Trinajstić information content (AvgIpc) is 2.18. The first-order valence-electron chi connectivity index (χ1n) is 5.33. The van der Waals surface area contributed by atoms with Crippen LogP contribution >= 0.6 is 0 Å². The van der Waals surface area contributed by atoms with E-state index in [1.807, 2.05) is 12.2 Å². The first kappa shape index (κ1) is 11.7. The van der Waals surface area contributed by atoms with Crippen LogP contribution in [0.4, 0.5) is 0 Å². The lowest BCUT2D eigenvalue weighted by molar-refractivity contribution is 0.307. The molecule has 1 rings (SSSR count). The van der Waals surface area contributed by atoms with E-state index in [1.54, 1.807) is 0 Å². The molecule has 0 heterocycles. The largest absolute Gasteiger partial charge is 0.328 e. The monoisotopic (exact) mass is 198 g/mol. The standard InChI is InChI=1S/C10H22N4/c11-5-1-2-6-14-10-7-8(12)3-4-9(10)13/h1-2,8-10,14H,3-7,11-13H2. The summed E-state index contributed by atoms with van der Waals surface area (Å²) in [5, 5.41) is 3.39. The van der Waals surface area contributed by atoms with Gasteiger partial charge in [-0.25, -0.2) is 0 Å². The van der Waals surface area contributed by atoms with E-state index in [9.17, 15) is 0 Å². The lowest BCUT2D eigenvalue weighted by Gasteiger charge is -2.32. The van der Waals surface area contributed by atoms with Gasteiger partial charge in [0.05, 0.1) is 0 Å². The summed E-state index contributed by atoms with van der Waals surface area (Å²) < 4.78 is 0. The number of nitrogens with one attached hydrogen (secondary N) is 1. The first-order valence-corrected chi connectivity index (χ1v) is 5.33. The second-order valence-electron chi connectivity index (χ2n) is 3.96. The minimum absolute atomic E-state index is 0.251. The fraction of sp³-hybridized carbons (Fsp3) is 0.800. The highest BCUT2D eigenvalue weighted by Gasteiger charge is 2.25. The zero-order valence-electron chi connectivity index (χ0n) is 8.65. The van der Waals surface area contributed by atoms with Crippen LogP contribution in [0.2, 0.25) is 0 Å². The van der Waals surface area contributed by atoms with Crippen LogP contribution in [0.15, 0.2) is 12.2 Å². The summed E-state index contributed by atoms with van der Waals surface area (Å²) in [6, 6.07) is 0.924. The Labute approximate surface area is 85.9 Å². The maximum Gasteiger partial charge on any atom is 0.0236 e. The van der Waals surface area contributed by atoms with Crippen molar-refractivity contribution in [3.63, 3.8) is 0 Å². The summed E-state index contributed by atoms with van der Waals surface area (Å²) in [7, 11) is 0. The van der Waals surface area contributed by atoms with Gasteiger partial charge in [0.25, 0.3) is 0 Å². The van der Waals surface area contributed by atoms with Crippen LogP contribution in [-0.4, -0.2) is 31.2 Å². The van der Waals surface area contributed by atoms with Crippen LogP contribution in [0.1, 0.15) is 19.3 Å². The van der Waals surface area contributed by atoms with Crippen LogP contribution in [0, 0.1) is 0 Å². The van der Waals surface area contributed by atoms with Crippen molar-refractivity contribution in [2.75, 3.05) is 13.1 Å². The summed E-state index contributed by atoms with van der Waals surface area (Å²) >= 11 is 0. The molecule has 4 heteroatoms. The maximum atomic E-state index is 5.99. The summed E-state index contributed by atoms with van der Waals surface area (Å²) in [4.78, 5) is 0. The third-order valence-electron chi connectivity index (χ3n) is 2.74. The van der Waals surface area contributed by atoms with Gasteiger partial charge in [-0.2, -0.15) is 0 Å². The van der Waals surface area contributed by atoms with E-state index in [0.717, 1.165) is 25.8 Å². The van der Waals surface area contributed by atoms with Gasteiger partial charge in [0, 0.05) is 31.2 Å². The van der Waals surface area contributed by atoms with Crippen molar-refractivity contribution in [1.82, 2.24) is 5.32 Å². The smallest absolute Gasteiger partial charge is 0.0236 e. The summed E-state index contributed by atoms with van der Waals surface area (Å²) in [6.45, 7) is 1.43. The second-order valence-corrected chi connectivity index (χ2v) is 3.96. The molecule has 1 aliphatic carbocycles. The lowest BCUT2D eigenvalue weighted by Crippen LogP contribution is -2.52. The molecule has 0 aromatic heterocycles. The Bertz CT molecular complexity index is 181. The minimum Gasteiger partial charge on any atom is -0.328 e. The number of nitrogens with two attached hydrogens (primary N) is 3. The van der Waals surface area contributed by atoms with Gasteiger partial charge in [-0.1, -0.05) is 12.2 Å². The minimum atomic E-state index is 0.251. The Balaban J connectivity index is 2.24. The van der Waals surface area contributed by atoms with Gasteiger partial charge in [-0.15, -0.1) is 0 Å². The molecular formula is C10H22N4. The second kappa shape index (κ2) is 6.14. The van der Waals surface area contributed by atoms with Crippen LogP contribution < -0.4 is 22.5 Å². The predicted octanol–water partition coefficient (Wildman–Crippen LogP) is -0.702. The number of hydrogen-bond acceptors (Lipinski definition) is 4. The summed E-state index contributed by atoms with van der Waals surface area (Å²) in [5.41, 5.74) is 17.2. The normalized spacial score (nSPS) is 33.8. The molecule has 0 aromatic rings. The molecule has 0 aromatic carbocycles. The van der Waals surface area contributed by atoms with E-state index in [-0.39, 0.29) is 6.04 Å². The van der Waals surface area contributed by atoms with E-state index in [0.29, 0.717) is 18.6 Å². The van der Waals surface area contributed by atoms with E-state index >= 15 is 0 Å². The van der Waals surface area contributed by atoms with E-state index in [4.69, 9.17) is 17.2 Å². The van der Waals surface area contributed by atoms with Gasteiger partial charge in [0.2, 0.25) is 0 Å². The van der Waals surface area contributed by atoms with Crippen molar-refractivity contribution in [3.05, 3.63) is 12.2 Å². The molecule has 82 valence electrons. The molecule has 0 bridgehead atoms. The van der Waals surface area contributed by atoms with Crippen LogP contribution in [0.5, 0.6) is 0 Å². The molecule has 1 aliphatic rings. The Kier molecular flexibility index (Phi) is 5.11. The van der Waals surface area contributed by atoms with Crippen LogP contribution in [0.25, 0.3) is 0 Å². The average molecular weight is 198 g/mol. The molecule has 1 fully saturated rings. The fourth-order valence-corrected chi connectivity index (χ4v) is 1.86. The molecule has 1 saturated carbocycles. The predicted molar refractivity (Wildman–Crippen MR) is 59.8 cm³/mol. The third-order valence-corrected chi connectivity index (χ3v) is 2.74. The van der Waals surface area contributed by atoms with Gasteiger partial charge < -0.3 is 22.5 Å². The molecule has 14 heavy (non-hydrogen) atoms. The van der Waals surface area contributed by atoms with Crippen LogP contribution in [-0.2, 0) is 0 Å². The molecule has 4 nitrogen and oxygen atoms in total. The van der Waals surface area contributed by atoms with Crippen molar-refractivity contribution in [2.24, 2.45) is 17.2 Å². The Morgan fingerprint density at radius 2 is 2.00 bits per heavy atom. The molecule has 0 spiro atoms. The van der Waals surface area contributed by atoms with Gasteiger partial charge in [-0.05, 0) is 19.3 Å². The third kappa shape index (κ3) is 3.75. The van der Waals surface area contributed by atoms with Crippen molar-refractivity contribution >= 4 is 0 Å². The highest BCUT2D eigenvalue weighted by Crippen LogP contribution is 2.15. The summed E-state index contributed by atoms with van der Waals surface area (Å²) in [6.07, 6.45) is 7.04. The topological polar surface area (TPSA) is 90.1 Å². The molecule has 3 unspecified atom stereocenters. The first-order chi connectivity index (χ1) is 6.74. The highest BCUT2D eigenvalue weighted by atomic mass is 15.0. The quantitative estimate of drug-likeness (QED) is 0.450. The van der Waals surface area contributed by atoms with Gasteiger partial charge in [0.1, 0.15) is 0 Å². The van der Waals surface area contributed by atoms with E-state index < -0.39 is 0 Å². The number of rotatable bonds is 4. The molecule has 0 radical (unpaired) electrons. The van der Waals surface area contributed by atoms with E-state index in [1.165, 1.54) is 0 Å². The Morgan fingerprint density at radius 1 is 1.21 bits per heavy atom. The summed E-state index contributed by atoms with van der Waals surface area (Å²) in [5.74, 6) is 0. The highest BCUT2D eigenvalue weighted by molar-refractivity contribution is 4.92. The molecule has 0 aliphatic heterocycles. The SMILES string of the molecule is NCC=CCNC1CC(N)CCC1N. The van der Waals surface area contributed by atoms with Gasteiger partial charge in [-0.3, -0.25) is 0 Å². The van der Waals surface area contributed by atoms with Gasteiger partial charge >= 0.3 is 0 Å². The van der Waals surface area contributed by atoms with Crippen molar-refractivity contribution in [1.29, 1.82) is 0 Å². The maximum absolute atomic E-state index is 5.99. The Morgan fingerprint density at radius 3 is 2.71 bits per heavy atom. The Hall–Kier alpha value is -0.420. The van der Waals surface area contributed by atoms with E-state index in [2.05, 4.69) is 5.32 Å². The molecule has 7 N–H and O–H groups in total.